The maximum absolute atomic E-state index is 14.5. The Bertz CT molecular complexity index is 1400. The van der Waals surface area contributed by atoms with Crippen molar-refractivity contribution in [3.63, 3.8) is 0 Å². The summed E-state index contributed by atoms with van der Waals surface area (Å²) in [5.74, 6) is -1.66. The van der Waals surface area contributed by atoms with Gasteiger partial charge in [0.15, 0.2) is 0 Å². The summed E-state index contributed by atoms with van der Waals surface area (Å²) in [6.07, 6.45) is 8.06. The number of ketones is 1. The van der Waals surface area contributed by atoms with Crippen molar-refractivity contribution in [3.05, 3.63) is 65.1 Å². The molecule has 1 saturated heterocycles. The number of aliphatic hydroxyl groups is 1. The molecule has 1 amide bonds. The molecule has 1 aliphatic carbocycles. The SMILES string of the molecule is CCCN(O)C(=O)c1cc2c(CN3CCC(O)(CC4CCCC4=O)CC3)cn(Cc3ccc(F)cc3F)c2cn1. The number of piperidine rings is 1. The van der Waals surface area contributed by atoms with Crippen molar-refractivity contribution in [2.24, 2.45) is 5.92 Å². The van der Waals surface area contributed by atoms with Crippen LogP contribution in [0.5, 0.6) is 0 Å². The molecule has 1 saturated carbocycles. The number of hydrogen-bond donors (Lipinski definition) is 2. The topological polar surface area (TPSA) is 98.9 Å². The summed E-state index contributed by atoms with van der Waals surface area (Å²) in [4.78, 5) is 31.4. The zero-order valence-corrected chi connectivity index (χ0v) is 22.8. The Hall–Kier alpha value is -3.21. The first kappa shape index (κ1) is 28.3. The molecule has 2 N–H and O–H groups in total. The fourth-order valence-electron chi connectivity index (χ4n) is 6.05. The molecule has 1 atom stereocenters. The van der Waals surface area contributed by atoms with Gasteiger partial charge in [0, 0.05) is 61.7 Å². The van der Waals surface area contributed by atoms with Crippen LogP contribution in [0.2, 0.25) is 0 Å². The smallest absolute Gasteiger partial charge is 0.295 e. The van der Waals surface area contributed by atoms with Gasteiger partial charge in [0.05, 0.1) is 23.9 Å². The average molecular weight is 555 g/mol. The van der Waals surface area contributed by atoms with E-state index in [9.17, 15) is 28.7 Å². The first-order chi connectivity index (χ1) is 19.2. The largest absolute Gasteiger partial charge is 0.390 e. The molecule has 214 valence electrons. The highest BCUT2D eigenvalue weighted by molar-refractivity contribution is 5.96. The molecule has 0 radical (unpaired) electrons. The van der Waals surface area contributed by atoms with Crippen LogP contribution >= 0.6 is 0 Å². The van der Waals surface area contributed by atoms with Crippen molar-refractivity contribution in [1.82, 2.24) is 19.5 Å². The third kappa shape index (κ3) is 6.09. The first-order valence-electron chi connectivity index (χ1n) is 14.1. The predicted molar refractivity (Wildman–Crippen MR) is 145 cm³/mol. The number of hydroxylamine groups is 2. The van der Waals surface area contributed by atoms with Gasteiger partial charge in [-0.05, 0) is 56.2 Å². The zero-order chi connectivity index (χ0) is 28.4. The number of nitrogens with zero attached hydrogens (tertiary/aromatic N) is 4. The van der Waals surface area contributed by atoms with Crippen molar-refractivity contribution < 1.29 is 28.7 Å². The Morgan fingerprint density at radius 2 is 1.95 bits per heavy atom. The summed E-state index contributed by atoms with van der Waals surface area (Å²) in [7, 11) is 0. The van der Waals surface area contributed by atoms with E-state index in [0.29, 0.717) is 67.9 Å². The molecule has 0 bridgehead atoms. The highest BCUT2D eigenvalue weighted by Crippen LogP contribution is 2.35. The molecule has 2 aliphatic rings. The minimum absolute atomic E-state index is 0.0383. The van der Waals surface area contributed by atoms with E-state index in [1.54, 1.807) is 12.3 Å². The van der Waals surface area contributed by atoms with Crippen LogP contribution in [-0.4, -0.2) is 66.8 Å². The molecule has 2 aromatic heterocycles. The second-order valence-electron chi connectivity index (χ2n) is 11.3. The third-order valence-corrected chi connectivity index (χ3v) is 8.33. The van der Waals surface area contributed by atoms with Gasteiger partial charge in [-0.3, -0.25) is 19.7 Å². The second-order valence-corrected chi connectivity index (χ2v) is 11.3. The van der Waals surface area contributed by atoms with Crippen molar-refractivity contribution in [3.8, 4) is 0 Å². The van der Waals surface area contributed by atoms with E-state index in [0.717, 1.165) is 29.9 Å². The van der Waals surface area contributed by atoms with Crippen molar-refractivity contribution in [1.29, 1.82) is 0 Å². The molecule has 3 heterocycles. The number of halogens is 2. The molecule has 3 aromatic rings. The molecule has 1 unspecified atom stereocenters. The number of carbonyl (C=O) groups excluding carboxylic acids is 2. The van der Waals surface area contributed by atoms with E-state index in [4.69, 9.17) is 0 Å². The second kappa shape index (κ2) is 11.7. The number of hydrogen-bond acceptors (Lipinski definition) is 6. The fourth-order valence-corrected chi connectivity index (χ4v) is 6.05. The van der Waals surface area contributed by atoms with Gasteiger partial charge < -0.3 is 9.67 Å². The Balaban J connectivity index is 1.39. The number of amides is 1. The number of fused-ring (bicyclic) bond motifs is 1. The maximum atomic E-state index is 14.5. The van der Waals surface area contributed by atoms with Crippen molar-refractivity contribution in [2.45, 2.75) is 70.6 Å². The Morgan fingerprint density at radius 3 is 2.62 bits per heavy atom. The number of carbonyl (C=O) groups is 2. The summed E-state index contributed by atoms with van der Waals surface area (Å²) in [5.41, 5.74) is 1.15. The zero-order valence-electron chi connectivity index (χ0n) is 22.8. The standard InChI is InChI=1S/C30H36F2N4O4/c1-2-10-36(40)29(38)26-14-24-22(17-34-11-8-30(39,9-12-34)15-20-4-3-5-28(20)37)19-35(27(24)16-33-26)18-21-6-7-23(31)13-25(21)32/h6-7,13-14,16,19-20,39-40H,2-5,8-12,15,17-18H2,1H3. The van der Waals surface area contributed by atoms with E-state index in [2.05, 4.69) is 9.88 Å². The average Bonchev–Trinajstić information content (AvgIpc) is 3.48. The number of likely N-dealkylation sites (tertiary alicyclic amines) is 1. The van der Waals surface area contributed by atoms with E-state index in [1.807, 2.05) is 17.7 Å². The summed E-state index contributed by atoms with van der Waals surface area (Å²) in [6, 6.07) is 5.14. The molecular formula is C30H36F2N4O4. The monoisotopic (exact) mass is 554 g/mol. The highest BCUT2D eigenvalue weighted by atomic mass is 19.1. The lowest BCUT2D eigenvalue weighted by molar-refractivity contribution is -0.123. The van der Waals surface area contributed by atoms with E-state index in [1.165, 1.54) is 12.1 Å². The van der Waals surface area contributed by atoms with Gasteiger partial charge in [-0.15, -0.1) is 0 Å². The summed E-state index contributed by atoms with van der Waals surface area (Å²) >= 11 is 0. The quantitative estimate of drug-likeness (QED) is 0.294. The predicted octanol–water partition coefficient (Wildman–Crippen LogP) is 4.69. The Morgan fingerprint density at radius 1 is 1.18 bits per heavy atom. The van der Waals surface area contributed by atoms with Gasteiger partial charge >= 0.3 is 0 Å². The highest BCUT2D eigenvalue weighted by Gasteiger charge is 2.38. The van der Waals surface area contributed by atoms with Crippen LogP contribution in [0.3, 0.4) is 0 Å². The normalized spacial score (nSPS) is 19.4. The van der Waals surface area contributed by atoms with Crippen LogP contribution in [0.15, 0.2) is 36.7 Å². The van der Waals surface area contributed by atoms with Gasteiger partial charge in [-0.25, -0.2) is 18.8 Å². The van der Waals surface area contributed by atoms with E-state index in [-0.39, 0.29) is 30.5 Å². The molecule has 2 fully saturated rings. The van der Waals surface area contributed by atoms with Crippen molar-refractivity contribution in [2.75, 3.05) is 19.6 Å². The summed E-state index contributed by atoms with van der Waals surface area (Å²) in [6.45, 7) is 4.01. The molecule has 40 heavy (non-hydrogen) atoms. The minimum atomic E-state index is -0.845. The number of rotatable bonds is 9. The summed E-state index contributed by atoms with van der Waals surface area (Å²) < 4.78 is 29.8. The van der Waals surface area contributed by atoms with E-state index >= 15 is 0 Å². The molecule has 5 rings (SSSR count). The van der Waals surface area contributed by atoms with Crippen LogP contribution in [0.25, 0.3) is 10.9 Å². The lowest BCUT2D eigenvalue weighted by Crippen LogP contribution is -2.45. The summed E-state index contributed by atoms with van der Waals surface area (Å²) in [5, 5.41) is 22.7. The number of benzene rings is 1. The fraction of sp³-hybridized carbons (Fsp3) is 0.500. The lowest BCUT2D eigenvalue weighted by atomic mass is 9.82. The van der Waals surface area contributed by atoms with Crippen molar-refractivity contribution >= 4 is 22.6 Å². The number of Topliss-reactive ketones (excluding diaryl/α,β-unsaturated/α-hetero) is 1. The van der Waals surface area contributed by atoms with Crippen LogP contribution in [-0.2, 0) is 17.9 Å². The minimum Gasteiger partial charge on any atom is -0.390 e. The van der Waals surface area contributed by atoms with Gasteiger partial charge in [-0.2, -0.15) is 0 Å². The van der Waals surface area contributed by atoms with Gasteiger partial charge in [-0.1, -0.05) is 13.0 Å². The maximum Gasteiger partial charge on any atom is 0.295 e. The van der Waals surface area contributed by atoms with Gasteiger partial charge in [0.2, 0.25) is 0 Å². The van der Waals surface area contributed by atoms with E-state index < -0.39 is 23.1 Å². The number of aromatic nitrogens is 2. The van der Waals surface area contributed by atoms with Gasteiger partial charge in [0.25, 0.3) is 5.91 Å². The molecule has 1 aromatic carbocycles. The number of pyridine rings is 1. The van der Waals surface area contributed by atoms with Crippen LogP contribution in [0.4, 0.5) is 8.78 Å². The molecule has 8 nitrogen and oxygen atoms in total. The Labute approximate surface area is 232 Å². The lowest BCUT2D eigenvalue weighted by Gasteiger charge is -2.39. The Kier molecular flexibility index (Phi) is 8.30. The molecule has 0 spiro atoms. The van der Waals surface area contributed by atoms with Crippen LogP contribution in [0, 0.1) is 17.6 Å². The van der Waals surface area contributed by atoms with Crippen LogP contribution < -0.4 is 0 Å². The van der Waals surface area contributed by atoms with Crippen LogP contribution in [0.1, 0.15) is 73.5 Å². The molecular weight excluding hydrogens is 518 g/mol. The van der Waals surface area contributed by atoms with Gasteiger partial charge in [0.1, 0.15) is 23.1 Å². The molecule has 10 heteroatoms. The third-order valence-electron chi connectivity index (χ3n) is 8.33. The first-order valence-corrected chi connectivity index (χ1v) is 14.1. The molecule has 1 aliphatic heterocycles.